The molecule has 23 heavy (non-hydrogen) atoms. The van der Waals surface area contributed by atoms with Crippen molar-refractivity contribution < 1.29 is 9.53 Å². The molecule has 0 spiro atoms. The van der Waals surface area contributed by atoms with Crippen LogP contribution in [0.1, 0.15) is 35.3 Å². The first-order chi connectivity index (χ1) is 11.0. The summed E-state index contributed by atoms with van der Waals surface area (Å²) in [5.41, 5.74) is 2.17. The van der Waals surface area contributed by atoms with E-state index < -0.39 is 5.97 Å². The summed E-state index contributed by atoms with van der Waals surface area (Å²) in [6.45, 7) is 6.36. The average Bonchev–Trinajstić information content (AvgIpc) is 2.55. The Morgan fingerprint density at radius 2 is 2.00 bits per heavy atom. The van der Waals surface area contributed by atoms with E-state index in [9.17, 15) is 4.79 Å². The number of benzene rings is 1. The number of anilines is 1. The Labute approximate surface area is 146 Å². The van der Waals surface area contributed by atoms with Crippen LogP contribution in [-0.2, 0) is 11.3 Å². The monoisotopic (exact) mass is 355 g/mol. The number of hydrogen-bond acceptors (Lipinski definition) is 5. The molecule has 0 atom stereocenters. The number of hydrogen-bond donors (Lipinski definition) is 1. The van der Waals surface area contributed by atoms with Crippen molar-refractivity contribution >= 4 is 35.0 Å². The van der Waals surface area contributed by atoms with Crippen LogP contribution in [-0.4, -0.2) is 23.0 Å². The molecule has 1 heterocycles. The molecule has 0 fully saturated rings. The van der Waals surface area contributed by atoms with Crippen molar-refractivity contribution in [3.8, 4) is 0 Å². The second-order valence-corrected chi connectivity index (χ2v) is 5.09. The molecule has 0 saturated heterocycles. The summed E-state index contributed by atoms with van der Waals surface area (Å²) in [6, 6.07) is 5.73. The molecule has 0 amide bonds. The van der Waals surface area contributed by atoms with Gasteiger partial charge in [0.2, 0.25) is 5.28 Å². The highest BCUT2D eigenvalue weighted by molar-refractivity contribution is 6.31. The smallest absolute Gasteiger partial charge is 0.343 e. The lowest BCUT2D eigenvalue weighted by molar-refractivity contribution is 0.0601. The molecule has 2 rings (SSSR count). The van der Waals surface area contributed by atoms with E-state index in [0.29, 0.717) is 17.4 Å². The fourth-order valence-electron chi connectivity index (χ4n) is 1.73. The number of rotatable bonds is 4. The van der Waals surface area contributed by atoms with Crippen LogP contribution in [0.25, 0.3) is 0 Å². The first-order valence-electron chi connectivity index (χ1n) is 7.11. The number of esters is 1. The molecule has 2 aromatic rings. The first-order valence-corrected chi connectivity index (χ1v) is 7.86. The van der Waals surface area contributed by atoms with Gasteiger partial charge in [-0.05, 0) is 35.7 Å². The predicted octanol–water partition coefficient (Wildman–Crippen LogP) is 4.52. The van der Waals surface area contributed by atoms with Crippen molar-refractivity contribution in [2.75, 3.05) is 12.4 Å². The van der Waals surface area contributed by atoms with Gasteiger partial charge in [0.05, 0.1) is 7.11 Å². The quantitative estimate of drug-likeness (QED) is 0.645. The summed E-state index contributed by atoms with van der Waals surface area (Å²) in [6.07, 6.45) is 1.32. The van der Waals surface area contributed by atoms with Gasteiger partial charge in [0, 0.05) is 17.8 Å². The third-order valence-electron chi connectivity index (χ3n) is 2.82. The maximum absolute atomic E-state index is 11.7. The maximum atomic E-state index is 11.7. The van der Waals surface area contributed by atoms with Crippen LogP contribution in [0.2, 0.25) is 10.3 Å². The molecule has 0 aliphatic heterocycles. The summed E-state index contributed by atoms with van der Waals surface area (Å²) in [4.78, 5) is 19.4. The van der Waals surface area contributed by atoms with Crippen LogP contribution in [0.15, 0.2) is 24.4 Å². The lowest BCUT2D eigenvalue weighted by atomic mass is 10.1. The Morgan fingerprint density at radius 1 is 1.30 bits per heavy atom. The van der Waals surface area contributed by atoms with Crippen molar-refractivity contribution in [2.24, 2.45) is 0 Å². The molecule has 1 aromatic carbocycles. The van der Waals surface area contributed by atoms with Crippen LogP contribution in [0, 0.1) is 6.92 Å². The van der Waals surface area contributed by atoms with Gasteiger partial charge in [-0.2, -0.15) is 4.98 Å². The SMILES string of the molecule is CC.COC(=O)c1cnc(Cl)nc1NCc1ccc(C)cc1Cl. The van der Waals surface area contributed by atoms with E-state index in [1.165, 1.54) is 13.3 Å². The molecule has 0 unspecified atom stereocenters. The van der Waals surface area contributed by atoms with Gasteiger partial charge in [-0.3, -0.25) is 0 Å². The van der Waals surface area contributed by atoms with E-state index in [4.69, 9.17) is 23.2 Å². The molecule has 124 valence electrons. The summed E-state index contributed by atoms with van der Waals surface area (Å²) in [7, 11) is 1.29. The number of aryl methyl sites for hydroxylation is 1. The number of carbonyl (C=O) groups excluding carboxylic acids is 1. The number of aromatic nitrogens is 2. The molecule has 0 aliphatic rings. The number of ether oxygens (including phenoxy) is 1. The lowest BCUT2D eigenvalue weighted by Crippen LogP contribution is -2.11. The van der Waals surface area contributed by atoms with Gasteiger partial charge in [-0.15, -0.1) is 0 Å². The van der Waals surface area contributed by atoms with E-state index >= 15 is 0 Å². The summed E-state index contributed by atoms with van der Waals surface area (Å²) in [5.74, 6) is -0.234. The third-order valence-corrected chi connectivity index (χ3v) is 3.35. The minimum Gasteiger partial charge on any atom is -0.465 e. The molecular weight excluding hydrogens is 337 g/mol. The average molecular weight is 356 g/mol. The Hall–Kier alpha value is -1.85. The van der Waals surface area contributed by atoms with Crippen LogP contribution < -0.4 is 5.32 Å². The zero-order valence-corrected chi connectivity index (χ0v) is 15.0. The second kappa shape index (κ2) is 9.33. The molecule has 0 radical (unpaired) electrons. The van der Waals surface area contributed by atoms with Gasteiger partial charge in [-0.1, -0.05) is 37.6 Å². The molecule has 1 aromatic heterocycles. The normalized spacial score (nSPS) is 9.65. The standard InChI is InChI=1S/C14H13Cl2N3O2.C2H6/c1-8-3-4-9(11(15)5-8)6-17-12-10(13(20)21-2)7-18-14(16)19-12;1-2/h3-5,7H,6H2,1-2H3,(H,17,18,19);1-2H3. The maximum Gasteiger partial charge on any atom is 0.343 e. The topological polar surface area (TPSA) is 64.1 Å². The Bertz CT molecular complexity index is 678. The van der Waals surface area contributed by atoms with Crippen molar-refractivity contribution in [1.29, 1.82) is 0 Å². The van der Waals surface area contributed by atoms with E-state index in [1.807, 2.05) is 39.0 Å². The highest BCUT2D eigenvalue weighted by atomic mass is 35.5. The van der Waals surface area contributed by atoms with Crippen molar-refractivity contribution in [3.63, 3.8) is 0 Å². The fraction of sp³-hybridized carbons (Fsp3) is 0.312. The molecule has 0 bridgehead atoms. The third kappa shape index (κ3) is 5.37. The van der Waals surface area contributed by atoms with Crippen LogP contribution in [0.5, 0.6) is 0 Å². The Balaban J connectivity index is 0.00000127. The lowest BCUT2D eigenvalue weighted by Gasteiger charge is -2.11. The molecule has 0 aliphatic carbocycles. The van der Waals surface area contributed by atoms with E-state index in [1.54, 1.807) is 0 Å². The highest BCUT2D eigenvalue weighted by Gasteiger charge is 2.15. The summed E-state index contributed by atoms with van der Waals surface area (Å²) >= 11 is 11.9. The number of methoxy groups -OCH3 is 1. The molecule has 5 nitrogen and oxygen atoms in total. The van der Waals surface area contributed by atoms with Crippen LogP contribution in [0.3, 0.4) is 0 Å². The first kappa shape index (κ1) is 19.2. The van der Waals surface area contributed by atoms with Crippen LogP contribution >= 0.6 is 23.2 Å². The zero-order chi connectivity index (χ0) is 17.4. The Kier molecular flexibility index (Phi) is 7.78. The summed E-state index contributed by atoms with van der Waals surface area (Å²) < 4.78 is 4.68. The zero-order valence-electron chi connectivity index (χ0n) is 13.5. The number of carbonyl (C=O) groups is 1. The van der Waals surface area contributed by atoms with Gasteiger partial charge in [-0.25, -0.2) is 9.78 Å². The molecular formula is C16H19Cl2N3O2. The van der Waals surface area contributed by atoms with Gasteiger partial charge < -0.3 is 10.1 Å². The van der Waals surface area contributed by atoms with Crippen LogP contribution in [0.4, 0.5) is 5.82 Å². The largest absolute Gasteiger partial charge is 0.465 e. The molecule has 7 heteroatoms. The minimum absolute atomic E-state index is 0.0418. The molecule has 0 saturated carbocycles. The highest BCUT2D eigenvalue weighted by Crippen LogP contribution is 2.20. The molecule has 1 N–H and O–H groups in total. The fourth-order valence-corrected chi connectivity index (χ4v) is 2.16. The predicted molar refractivity (Wildman–Crippen MR) is 93.2 cm³/mol. The van der Waals surface area contributed by atoms with E-state index in [2.05, 4.69) is 20.0 Å². The van der Waals surface area contributed by atoms with Crippen molar-refractivity contribution in [2.45, 2.75) is 27.3 Å². The van der Waals surface area contributed by atoms with Gasteiger partial charge in [0.15, 0.2) is 0 Å². The number of nitrogens with one attached hydrogen (secondary N) is 1. The Morgan fingerprint density at radius 3 is 2.61 bits per heavy atom. The van der Waals surface area contributed by atoms with Gasteiger partial charge in [0.25, 0.3) is 0 Å². The summed E-state index contributed by atoms with van der Waals surface area (Å²) in [5, 5.41) is 3.71. The number of nitrogens with zero attached hydrogens (tertiary/aromatic N) is 2. The van der Waals surface area contributed by atoms with E-state index in [0.717, 1.165) is 11.1 Å². The van der Waals surface area contributed by atoms with Gasteiger partial charge >= 0.3 is 5.97 Å². The van der Waals surface area contributed by atoms with Crippen molar-refractivity contribution in [3.05, 3.63) is 51.4 Å². The van der Waals surface area contributed by atoms with E-state index in [-0.39, 0.29) is 10.8 Å². The number of halogens is 2. The van der Waals surface area contributed by atoms with Crippen molar-refractivity contribution in [1.82, 2.24) is 9.97 Å². The van der Waals surface area contributed by atoms with Gasteiger partial charge in [0.1, 0.15) is 11.4 Å². The second-order valence-electron chi connectivity index (χ2n) is 4.34. The minimum atomic E-state index is -0.538.